The Hall–Kier alpha value is -1.96. The van der Waals surface area contributed by atoms with E-state index in [9.17, 15) is 27.9 Å². The van der Waals surface area contributed by atoms with E-state index in [1.165, 1.54) is 13.2 Å². The molecule has 0 aliphatic carbocycles. The van der Waals surface area contributed by atoms with Crippen molar-refractivity contribution in [2.24, 2.45) is 0 Å². The number of nitrogens with one attached hydrogen (secondary N) is 3. The maximum Gasteiger partial charge on any atom is 0.327 e. The first-order chi connectivity index (χ1) is 14.0. The van der Waals surface area contributed by atoms with E-state index in [4.69, 9.17) is 27.9 Å². The van der Waals surface area contributed by atoms with Crippen LogP contribution in [0.4, 0.5) is 4.79 Å². The molecule has 2 unspecified atom stereocenters. The summed E-state index contributed by atoms with van der Waals surface area (Å²) in [4.78, 5) is 34.9. The third-order valence-electron chi connectivity index (χ3n) is 3.41. The highest BCUT2D eigenvalue weighted by atomic mass is 35.5. The summed E-state index contributed by atoms with van der Waals surface area (Å²) in [6, 6.07) is 0.896. The molecule has 1 aromatic carbocycles. The quantitative estimate of drug-likeness (QED) is 0.266. The number of methoxy groups -OCH3 is 1. The molecule has 4 N–H and O–H groups in total. The molecule has 0 bridgehead atoms. The third-order valence-corrected chi connectivity index (χ3v) is 5.59. The fraction of sp³-hybridized carbons (Fsp3) is 0.438. The Morgan fingerprint density at radius 3 is 2.43 bits per heavy atom. The Labute approximate surface area is 183 Å². The zero-order valence-corrected chi connectivity index (χ0v) is 18.3. The summed E-state index contributed by atoms with van der Waals surface area (Å²) in [6.07, 6.45) is -1.50. The monoisotopic (exact) mass is 485 g/mol. The van der Waals surface area contributed by atoms with Crippen molar-refractivity contribution >= 4 is 51.1 Å². The first-order valence-corrected chi connectivity index (χ1v) is 10.6. The van der Waals surface area contributed by atoms with Gasteiger partial charge in [-0.25, -0.2) is 13.2 Å². The van der Waals surface area contributed by atoms with Gasteiger partial charge >= 0.3 is 12.0 Å². The Bertz CT molecular complexity index is 879. The minimum absolute atomic E-state index is 0.0313. The van der Waals surface area contributed by atoms with E-state index in [0.717, 1.165) is 19.1 Å². The molecule has 1 rings (SSSR count). The summed E-state index contributed by atoms with van der Waals surface area (Å²) in [5.74, 6) is -2.20. The molecule has 0 spiro atoms. The zero-order valence-electron chi connectivity index (χ0n) is 16.0. The number of sulfonamides is 1. The topological polar surface area (TPSA) is 160 Å². The van der Waals surface area contributed by atoms with Crippen molar-refractivity contribution in [3.63, 3.8) is 0 Å². The average molecular weight is 486 g/mol. The summed E-state index contributed by atoms with van der Waals surface area (Å²) in [5, 5.41) is 14.1. The number of aliphatic hydroxyl groups is 1. The molecule has 30 heavy (non-hydrogen) atoms. The van der Waals surface area contributed by atoms with Crippen molar-refractivity contribution in [3.8, 4) is 0 Å². The van der Waals surface area contributed by atoms with E-state index < -0.39 is 46.7 Å². The normalized spacial score (nSPS) is 13.2. The maximum atomic E-state index is 12.4. The van der Waals surface area contributed by atoms with Gasteiger partial charge in [-0.3, -0.25) is 14.9 Å². The van der Waals surface area contributed by atoms with Crippen LogP contribution in [0.3, 0.4) is 0 Å². The van der Waals surface area contributed by atoms with E-state index in [2.05, 4.69) is 10.1 Å². The highest BCUT2D eigenvalue weighted by Crippen LogP contribution is 2.25. The predicted molar refractivity (Wildman–Crippen MR) is 107 cm³/mol. The molecule has 2 atom stereocenters. The van der Waals surface area contributed by atoms with Gasteiger partial charge in [-0.05, 0) is 25.1 Å². The van der Waals surface area contributed by atoms with Gasteiger partial charge in [-0.1, -0.05) is 23.2 Å². The molecule has 0 heterocycles. The van der Waals surface area contributed by atoms with Gasteiger partial charge in [0.05, 0.1) is 27.7 Å². The van der Waals surface area contributed by atoms with Crippen LogP contribution in [0.5, 0.6) is 0 Å². The van der Waals surface area contributed by atoms with E-state index in [-0.39, 0.29) is 28.1 Å². The van der Waals surface area contributed by atoms with Gasteiger partial charge in [0.15, 0.2) is 6.61 Å². The standard InChI is InChI=1S/C16H21Cl2N3O8S/c1-9(22)14(21-30(26,27)10-3-4-11(17)12(18)7-10)15(24)29-8-13(23)20-16(25)19-5-6-28-2/h3-4,7,9,14,21-22H,5-6,8H2,1-2H3,(H2,19,20,23,25). The van der Waals surface area contributed by atoms with Crippen LogP contribution in [0.1, 0.15) is 6.92 Å². The Morgan fingerprint density at radius 2 is 1.87 bits per heavy atom. The van der Waals surface area contributed by atoms with Gasteiger partial charge in [-0.2, -0.15) is 4.72 Å². The van der Waals surface area contributed by atoms with Gasteiger partial charge in [0.2, 0.25) is 10.0 Å². The lowest BCUT2D eigenvalue weighted by molar-refractivity contribution is -0.152. The first kappa shape index (κ1) is 26.1. The lowest BCUT2D eigenvalue weighted by Gasteiger charge is -2.20. The number of halogens is 2. The average Bonchev–Trinajstić information content (AvgIpc) is 2.66. The summed E-state index contributed by atoms with van der Waals surface area (Å²) in [5.41, 5.74) is 0. The van der Waals surface area contributed by atoms with Gasteiger partial charge in [0.1, 0.15) is 6.04 Å². The number of amides is 3. The fourth-order valence-corrected chi connectivity index (χ4v) is 3.57. The first-order valence-electron chi connectivity index (χ1n) is 8.36. The number of carbonyl (C=O) groups is 3. The Balaban J connectivity index is 2.71. The summed E-state index contributed by atoms with van der Waals surface area (Å²) < 4.78 is 36.3. The lowest BCUT2D eigenvalue weighted by Crippen LogP contribution is -2.49. The molecule has 0 saturated carbocycles. The van der Waals surface area contributed by atoms with Crippen LogP contribution in [0.25, 0.3) is 0 Å². The van der Waals surface area contributed by atoms with Crippen molar-refractivity contribution in [1.29, 1.82) is 0 Å². The number of hydrogen-bond donors (Lipinski definition) is 4. The number of imide groups is 1. The number of carbonyl (C=O) groups excluding carboxylic acids is 3. The molecule has 0 fully saturated rings. The molecule has 0 aliphatic rings. The number of esters is 1. The van der Waals surface area contributed by atoms with Crippen LogP contribution in [-0.4, -0.2) is 70.4 Å². The van der Waals surface area contributed by atoms with Gasteiger partial charge in [0.25, 0.3) is 5.91 Å². The number of hydrogen-bond acceptors (Lipinski definition) is 8. The molecule has 1 aromatic rings. The van der Waals surface area contributed by atoms with Crippen molar-refractivity contribution in [3.05, 3.63) is 28.2 Å². The third kappa shape index (κ3) is 8.42. The fourth-order valence-electron chi connectivity index (χ4n) is 1.92. The maximum absolute atomic E-state index is 12.4. The van der Waals surface area contributed by atoms with E-state index in [1.807, 2.05) is 10.0 Å². The second kappa shape index (κ2) is 12.0. The minimum Gasteiger partial charge on any atom is -0.454 e. The Morgan fingerprint density at radius 1 is 1.20 bits per heavy atom. The highest BCUT2D eigenvalue weighted by molar-refractivity contribution is 7.89. The highest BCUT2D eigenvalue weighted by Gasteiger charge is 2.31. The lowest BCUT2D eigenvalue weighted by atomic mass is 10.2. The number of aliphatic hydroxyl groups excluding tert-OH is 1. The van der Waals surface area contributed by atoms with Crippen LogP contribution in [0.2, 0.25) is 10.0 Å². The molecule has 0 radical (unpaired) electrons. The molecular weight excluding hydrogens is 465 g/mol. The minimum atomic E-state index is -4.29. The predicted octanol–water partition coefficient (Wildman–Crippen LogP) is 0.0365. The van der Waals surface area contributed by atoms with Gasteiger partial charge < -0.3 is 19.9 Å². The zero-order chi connectivity index (χ0) is 22.9. The van der Waals surface area contributed by atoms with Crippen LogP contribution < -0.4 is 15.4 Å². The summed E-state index contributed by atoms with van der Waals surface area (Å²) >= 11 is 11.5. The second-order valence-electron chi connectivity index (χ2n) is 5.82. The van der Waals surface area contributed by atoms with Crippen LogP contribution in [-0.2, 0) is 29.1 Å². The molecule has 168 valence electrons. The van der Waals surface area contributed by atoms with Crippen LogP contribution in [0.15, 0.2) is 23.1 Å². The van der Waals surface area contributed by atoms with Crippen molar-refractivity contribution in [1.82, 2.24) is 15.4 Å². The number of benzene rings is 1. The van der Waals surface area contributed by atoms with Crippen LogP contribution >= 0.6 is 23.2 Å². The molecule has 0 aromatic heterocycles. The Kier molecular flexibility index (Phi) is 10.5. The molecular formula is C16H21Cl2N3O8S. The molecule has 0 saturated heterocycles. The van der Waals surface area contributed by atoms with Crippen molar-refractivity contribution in [2.45, 2.75) is 24.0 Å². The van der Waals surface area contributed by atoms with Gasteiger partial charge in [0, 0.05) is 13.7 Å². The van der Waals surface area contributed by atoms with E-state index in [0.29, 0.717) is 0 Å². The number of rotatable bonds is 10. The van der Waals surface area contributed by atoms with Crippen molar-refractivity contribution in [2.75, 3.05) is 26.9 Å². The van der Waals surface area contributed by atoms with Crippen molar-refractivity contribution < 1.29 is 37.4 Å². The molecule has 3 amide bonds. The van der Waals surface area contributed by atoms with Crippen LogP contribution in [0, 0.1) is 0 Å². The largest absolute Gasteiger partial charge is 0.454 e. The van der Waals surface area contributed by atoms with Gasteiger partial charge in [-0.15, -0.1) is 0 Å². The molecule has 14 heteroatoms. The smallest absolute Gasteiger partial charge is 0.327 e. The summed E-state index contributed by atoms with van der Waals surface area (Å²) in [7, 11) is -2.86. The molecule has 11 nitrogen and oxygen atoms in total. The SMILES string of the molecule is COCCNC(=O)NC(=O)COC(=O)C(NS(=O)(=O)c1ccc(Cl)c(Cl)c1)C(C)O. The van der Waals surface area contributed by atoms with E-state index in [1.54, 1.807) is 0 Å². The number of urea groups is 1. The van der Waals surface area contributed by atoms with E-state index >= 15 is 0 Å². The summed E-state index contributed by atoms with van der Waals surface area (Å²) in [6.45, 7) is 0.641. The second-order valence-corrected chi connectivity index (χ2v) is 8.35. The number of ether oxygens (including phenoxy) is 2. The molecule has 0 aliphatic heterocycles.